The molecule has 0 atom stereocenters. The van der Waals surface area contributed by atoms with E-state index in [4.69, 9.17) is 0 Å². The summed E-state index contributed by atoms with van der Waals surface area (Å²) in [4.78, 5) is 3.49. The quantitative estimate of drug-likeness (QED) is 0.613. The third-order valence-corrected chi connectivity index (χ3v) is 3.82. The molecule has 0 aliphatic heterocycles. The number of nitrogens with one attached hydrogen (secondary N) is 1. The minimum atomic E-state index is 0.336. The van der Waals surface area contributed by atoms with Gasteiger partial charge in [-0.15, -0.1) is 0 Å². The second-order valence-corrected chi connectivity index (χ2v) is 4.87. The lowest BCUT2D eigenvalue weighted by atomic mass is 9.89. The van der Waals surface area contributed by atoms with Crippen molar-refractivity contribution in [3.63, 3.8) is 0 Å². The Labute approximate surface area is 105 Å². The van der Waals surface area contributed by atoms with E-state index in [-0.39, 0.29) is 0 Å². The zero-order chi connectivity index (χ0) is 12.1. The lowest BCUT2D eigenvalue weighted by molar-refractivity contribution is 0.476. The van der Waals surface area contributed by atoms with Crippen molar-refractivity contribution in [2.75, 3.05) is 0 Å². The highest BCUT2D eigenvalue weighted by Crippen LogP contribution is 2.38. The van der Waals surface area contributed by atoms with E-state index in [1.807, 2.05) is 12.1 Å². The number of aromatic nitrogens is 1. The highest BCUT2D eigenvalue weighted by molar-refractivity contribution is 5.93. The van der Waals surface area contributed by atoms with Gasteiger partial charge in [0.1, 0.15) is 5.75 Å². The van der Waals surface area contributed by atoms with Crippen LogP contribution in [0.25, 0.3) is 22.2 Å². The van der Waals surface area contributed by atoms with Crippen LogP contribution in [0.5, 0.6) is 5.75 Å². The molecule has 0 spiro atoms. The maximum Gasteiger partial charge on any atom is 0.116 e. The van der Waals surface area contributed by atoms with Gasteiger partial charge in [-0.3, -0.25) is 0 Å². The minimum Gasteiger partial charge on any atom is -0.508 e. The molecule has 1 aliphatic rings. The van der Waals surface area contributed by atoms with Crippen LogP contribution in [0.3, 0.4) is 0 Å². The summed E-state index contributed by atoms with van der Waals surface area (Å²) in [5.41, 5.74) is 6.36. The summed E-state index contributed by atoms with van der Waals surface area (Å²) in [6.07, 6.45) is 2.11. The van der Waals surface area contributed by atoms with E-state index in [9.17, 15) is 5.11 Å². The first-order valence-corrected chi connectivity index (χ1v) is 6.25. The largest absolute Gasteiger partial charge is 0.508 e. The van der Waals surface area contributed by atoms with Gasteiger partial charge >= 0.3 is 0 Å². The van der Waals surface area contributed by atoms with Crippen molar-refractivity contribution in [3.05, 3.63) is 53.6 Å². The van der Waals surface area contributed by atoms with Crippen molar-refractivity contribution >= 4 is 10.9 Å². The van der Waals surface area contributed by atoms with Crippen LogP contribution >= 0.6 is 0 Å². The summed E-state index contributed by atoms with van der Waals surface area (Å²) in [6.45, 7) is 0. The molecule has 1 aromatic heterocycles. The van der Waals surface area contributed by atoms with Crippen molar-refractivity contribution in [1.82, 2.24) is 4.98 Å². The molecule has 1 heterocycles. The molecule has 3 aromatic rings. The molecule has 2 heteroatoms. The number of hydrogen-bond acceptors (Lipinski definition) is 1. The number of phenols is 1. The summed E-state index contributed by atoms with van der Waals surface area (Å²) in [5.74, 6) is 0.336. The van der Waals surface area contributed by atoms with E-state index in [0.29, 0.717) is 5.75 Å². The molecule has 2 aromatic carbocycles. The zero-order valence-electron chi connectivity index (χ0n) is 9.90. The van der Waals surface area contributed by atoms with Gasteiger partial charge in [-0.1, -0.05) is 24.3 Å². The van der Waals surface area contributed by atoms with Crippen molar-refractivity contribution in [2.45, 2.75) is 12.8 Å². The number of fused-ring (bicyclic) bond motifs is 5. The Bertz CT molecular complexity index is 755. The summed E-state index contributed by atoms with van der Waals surface area (Å²) < 4.78 is 0. The molecule has 4 rings (SSSR count). The average Bonchev–Trinajstić information content (AvgIpc) is 2.77. The van der Waals surface area contributed by atoms with Crippen molar-refractivity contribution in [1.29, 1.82) is 0 Å². The van der Waals surface area contributed by atoms with Crippen LogP contribution in [-0.4, -0.2) is 10.1 Å². The number of rotatable bonds is 0. The summed E-state index contributed by atoms with van der Waals surface area (Å²) in [5, 5.41) is 10.8. The zero-order valence-corrected chi connectivity index (χ0v) is 9.90. The lowest BCUT2D eigenvalue weighted by Gasteiger charge is -2.16. The highest BCUT2D eigenvalue weighted by Gasteiger charge is 2.20. The van der Waals surface area contributed by atoms with Crippen LogP contribution in [0.2, 0.25) is 0 Å². The second-order valence-electron chi connectivity index (χ2n) is 4.87. The molecular weight excluding hydrogens is 222 g/mol. The summed E-state index contributed by atoms with van der Waals surface area (Å²) in [7, 11) is 0. The van der Waals surface area contributed by atoms with Crippen LogP contribution < -0.4 is 0 Å². The van der Waals surface area contributed by atoms with Gasteiger partial charge in [0.25, 0.3) is 0 Å². The van der Waals surface area contributed by atoms with Gasteiger partial charge in [-0.05, 0) is 42.2 Å². The maximum atomic E-state index is 9.63. The van der Waals surface area contributed by atoms with Gasteiger partial charge in [0.15, 0.2) is 0 Å². The number of aromatic amines is 1. The fraction of sp³-hybridized carbons (Fsp3) is 0.125. The van der Waals surface area contributed by atoms with Crippen molar-refractivity contribution in [2.24, 2.45) is 0 Å². The number of aryl methyl sites for hydroxylation is 2. The molecule has 2 N–H and O–H groups in total. The highest BCUT2D eigenvalue weighted by atomic mass is 16.3. The Morgan fingerprint density at radius 3 is 2.83 bits per heavy atom. The molecule has 1 aliphatic carbocycles. The molecule has 0 saturated heterocycles. The minimum absolute atomic E-state index is 0.336. The Morgan fingerprint density at radius 2 is 1.89 bits per heavy atom. The predicted octanol–water partition coefficient (Wildman–Crippen LogP) is 3.64. The summed E-state index contributed by atoms with van der Waals surface area (Å²) in [6, 6.07) is 14.1. The maximum absolute atomic E-state index is 9.63. The standard InChI is InChI=1S/C16H13NO/c18-11-6-8-15-14(9-11)13-7-5-10-3-1-2-4-12(10)16(13)17-15/h1-4,6,8-9,17-18H,5,7H2. The van der Waals surface area contributed by atoms with Gasteiger partial charge in [-0.2, -0.15) is 0 Å². The molecule has 0 saturated carbocycles. The fourth-order valence-electron chi connectivity index (χ4n) is 2.97. The van der Waals surface area contributed by atoms with E-state index in [1.165, 1.54) is 22.4 Å². The van der Waals surface area contributed by atoms with Gasteiger partial charge in [0, 0.05) is 22.2 Å². The van der Waals surface area contributed by atoms with Crippen molar-refractivity contribution in [3.8, 4) is 17.0 Å². The van der Waals surface area contributed by atoms with Crippen molar-refractivity contribution < 1.29 is 5.11 Å². The molecule has 2 nitrogen and oxygen atoms in total. The van der Waals surface area contributed by atoms with E-state index in [1.54, 1.807) is 6.07 Å². The van der Waals surface area contributed by atoms with Crippen LogP contribution in [0.15, 0.2) is 42.5 Å². The first-order valence-electron chi connectivity index (χ1n) is 6.25. The number of benzene rings is 2. The normalized spacial score (nSPS) is 13.3. The topological polar surface area (TPSA) is 36.0 Å². The molecule has 88 valence electrons. The van der Waals surface area contributed by atoms with Gasteiger partial charge in [0.05, 0.1) is 0 Å². The predicted molar refractivity (Wildman–Crippen MR) is 72.8 cm³/mol. The first-order chi connectivity index (χ1) is 8.83. The second kappa shape index (κ2) is 3.39. The Hall–Kier alpha value is -2.22. The fourth-order valence-corrected chi connectivity index (χ4v) is 2.97. The smallest absolute Gasteiger partial charge is 0.116 e. The molecule has 0 fully saturated rings. The van der Waals surface area contributed by atoms with Crippen LogP contribution in [0, 0.1) is 0 Å². The Balaban J connectivity index is 2.08. The SMILES string of the molecule is Oc1ccc2[nH]c3c(c2c1)CCc1ccccc1-3. The summed E-state index contributed by atoms with van der Waals surface area (Å²) >= 11 is 0. The van der Waals surface area contributed by atoms with E-state index < -0.39 is 0 Å². The van der Waals surface area contributed by atoms with Gasteiger partial charge < -0.3 is 10.1 Å². The monoisotopic (exact) mass is 235 g/mol. The van der Waals surface area contributed by atoms with E-state index in [0.717, 1.165) is 23.7 Å². The van der Waals surface area contributed by atoms with Gasteiger partial charge in [-0.25, -0.2) is 0 Å². The number of phenolic OH excluding ortho intramolecular Hbond substituents is 1. The lowest BCUT2D eigenvalue weighted by Crippen LogP contribution is -2.02. The third-order valence-electron chi connectivity index (χ3n) is 3.82. The van der Waals surface area contributed by atoms with Crippen LogP contribution in [-0.2, 0) is 12.8 Å². The molecule has 0 bridgehead atoms. The molecule has 18 heavy (non-hydrogen) atoms. The first kappa shape index (κ1) is 9.77. The number of H-pyrrole nitrogens is 1. The molecule has 0 amide bonds. The van der Waals surface area contributed by atoms with E-state index >= 15 is 0 Å². The number of hydrogen-bond donors (Lipinski definition) is 2. The average molecular weight is 235 g/mol. The third kappa shape index (κ3) is 1.23. The Morgan fingerprint density at radius 1 is 1.00 bits per heavy atom. The molecule has 0 radical (unpaired) electrons. The van der Waals surface area contributed by atoms with E-state index in [2.05, 4.69) is 29.2 Å². The molecule has 0 unspecified atom stereocenters. The number of aromatic hydroxyl groups is 1. The van der Waals surface area contributed by atoms with Crippen LogP contribution in [0.4, 0.5) is 0 Å². The molecular formula is C16H13NO. The van der Waals surface area contributed by atoms with Crippen LogP contribution in [0.1, 0.15) is 11.1 Å². The Kier molecular flexibility index (Phi) is 1.84. The van der Waals surface area contributed by atoms with Gasteiger partial charge in [0.2, 0.25) is 0 Å².